The summed E-state index contributed by atoms with van der Waals surface area (Å²) in [7, 11) is 0. The van der Waals surface area contributed by atoms with Crippen molar-refractivity contribution in [3.05, 3.63) is 53.0 Å². The topological polar surface area (TPSA) is 156 Å². The minimum absolute atomic E-state index is 0.244. The molecule has 2 aliphatic heterocycles. The third-order valence-corrected chi connectivity index (χ3v) is 11.2. The SMILES string of the molecule is CCN1CCN(c2ccc(C(=O)NC3(C(=O)NCC(=O)Nc4ccc5nc(C6=NC(C(=O)O)CS6)sc5c4)CCCCC3)cc2)CC1. The summed E-state index contributed by atoms with van der Waals surface area (Å²) >= 11 is 2.75. The van der Waals surface area contributed by atoms with Gasteiger partial charge in [-0.25, -0.2) is 9.78 Å². The standard InChI is InChI=1S/C33H39N7O5S2/c1-2-39-14-16-40(17-15-39)23-9-6-21(7-10-23)28(42)38-33(12-4-3-5-13-33)32(45)34-19-27(41)35-22-8-11-24-26(18-22)47-30(36-24)29-37-25(20-46-29)31(43)44/h6-11,18,25H,2-5,12-17,19-20H2,1H3,(H,34,45)(H,35,41)(H,38,42)(H,43,44). The zero-order valence-electron chi connectivity index (χ0n) is 26.3. The number of carbonyl (C=O) groups is 4. The van der Waals surface area contributed by atoms with Crippen LogP contribution in [-0.4, -0.2) is 100 Å². The summed E-state index contributed by atoms with van der Waals surface area (Å²) in [5, 5.41) is 19.1. The Morgan fingerprint density at radius 3 is 2.43 bits per heavy atom. The van der Waals surface area contributed by atoms with Gasteiger partial charge >= 0.3 is 5.97 Å². The molecule has 4 N–H and O–H groups in total. The molecule has 47 heavy (non-hydrogen) atoms. The first-order chi connectivity index (χ1) is 22.7. The highest BCUT2D eigenvalue weighted by Gasteiger charge is 2.41. The molecule has 0 spiro atoms. The summed E-state index contributed by atoms with van der Waals surface area (Å²) in [6.07, 6.45) is 3.61. The number of carbonyl (C=O) groups excluding carboxylic acids is 3. The van der Waals surface area contributed by atoms with Gasteiger partial charge in [0.2, 0.25) is 11.8 Å². The number of nitrogens with one attached hydrogen (secondary N) is 3. The number of anilines is 2. The van der Waals surface area contributed by atoms with Crippen molar-refractivity contribution in [1.29, 1.82) is 0 Å². The number of carboxylic acids is 1. The van der Waals surface area contributed by atoms with Crippen LogP contribution in [0.15, 0.2) is 47.5 Å². The molecule has 0 bridgehead atoms. The molecule has 2 fully saturated rings. The molecule has 12 nitrogen and oxygen atoms in total. The van der Waals surface area contributed by atoms with Crippen LogP contribution in [0.2, 0.25) is 0 Å². The Kier molecular flexibility index (Phi) is 10.1. The lowest BCUT2D eigenvalue weighted by molar-refractivity contribution is -0.137. The molecule has 248 valence electrons. The second kappa shape index (κ2) is 14.4. The molecule has 3 amide bonds. The molecular weight excluding hydrogens is 639 g/mol. The Morgan fingerprint density at radius 2 is 1.74 bits per heavy atom. The van der Waals surface area contributed by atoms with Crippen molar-refractivity contribution in [3.63, 3.8) is 0 Å². The van der Waals surface area contributed by atoms with Gasteiger partial charge in [-0.15, -0.1) is 23.1 Å². The minimum atomic E-state index is -1.08. The second-order valence-electron chi connectivity index (χ2n) is 12.1. The van der Waals surface area contributed by atoms with E-state index in [1.807, 2.05) is 24.3 Å². The van der Waals surface area contributed by atoms with Gasteiger partial charge in [0.05, 0.1) is 16.8 Å². The molecule has 1 saturated carbocycles. The first-order valence-corrected chi connectivity index (χ1v) is 17.9. The fraction of sp³-hybridized carbons (Fsp3) is 0.455. The van der Waals surface area contributed by atoms with Crippen LogP contribution in [0.25, 0.3) is 10.2 Å². The number of aliphatic imine (C=N–C) groups is 1. The Morgan fingerprint density at radius 1 is 1.00 bits per heavy atom. The second-order valence-corrected chi connectivity index (χ2v) is 14.1. The van der Waals surface area contributed by atoms with E-state index in [0.29, 0.717) is 39.9 Å². The molecule has 2 aromatic carbocycles. The minimum Gasteiger partial charge on any atom is -0.480 e. The predicted octanol–water partition coefficient (Wildman–Crippen LogP) is 3.57. The summed E-state index contributed by atoms with van der Waals surface area (Å²) in [5.74, 6) is -1.63. The summed E-state index contributed by atoms with van der Waals surface area (Å²) in [6, 6.07) is 12.1. The van der Waals surface area contributed by atoms with Gasteiger partial charge in [0, 0.05) is 48.9 Å². The maximum atomic E-state index is 13.6. The number of thioether (sulfide) groups is 1. The van der Waals surface area contributed by atoms with Crippen LogP contribution in [0, 0.1) is 0 Å². The van der Waals surface area contributed by atoms with Gasteiger partial charge < -0.3 is 30.9 Å². The lowest BCUT2D eigenvalue weighted by atomic mass is 9.80. The normalized spacial score (nSPS) is 19.6. The third kappa shape index (κ3) is 7.60. The van der Waals surface area contributed by atoms with Gasteiger partial charge in [0.15, 0.2) is 6.04 Å². The smallest absolute Gasteiger partial charge is 0.329 e. The van der Waals surface area contributed by atoms with Crippen LogP contribution in [0.5, 0.6) is 0 Å². The molecule has 3 aliphatic rings. The first kappa shape index (κ1) is 32.9. The van der Waals surface area contributed by atoms with Gasteiger partial charge in [-0.2, -0.15) is 0 Å². The van der Waals surface area contributed by atoms with E-state index in [1.165, 1.54) is 23.1 Å². The molecule has 3 heterocycles. The number of aromatic nitrogens is 1. The largest absolute Gasteiger partial charge is 0.480 e. The van der Waals surface area contributed by atoms with Crippen LogP contribution in [0.3, 0.4) is 0 Å². The zero-order chi connectivity index (χ0) is 33.0. The van der Waals surface area contributed by atoms with E-state index in [4.69, 9.17) is 0 Å². The highest BCUT2D eigenvalue weighted by molar-refractivity contribution is 8.15. The van der Waals surface area contributed by atoms with Gasteiger partial charge in [-0.05, 0) is 61.9 Å². The average molecular weight is 678 g/mol. The molecule has 0 radical (unpaired) electrons. The lowest BCUT2D eigenvalue weighted by Crippen LogP contribution is -2.60. The van der Waals surface area contributed by atoms with E-state index in [0.717, 1.165) is 67.9 Å². The monoisotopic (exact) mass is 677 g/mol. The molecule has 1 unspecified atom stereocenters. The molecule has 1 aromatic heterocycles. The van der Waals surface area contributed by atoms with Gasteiger partial charge in [0.1, 0.15) is 15.6 Å². The Bertz CT molecular complexity index is 1680. The number of benzene rings is 2. The number of aliphatic carboxylic acids is 1. The number of carboxylic acid groups (broad SMARTS) is 1. The number of nitrogens with zero attached hydrogens (tertiary/aromatic N) is 4. The number of likely N-dealkylation sites (N-methyl/N-ethyl adjacent to an activating group) is 1. The predicted molar refractivity (Wildman–Crippen MR) is 186 cm³/mol. The Hall–Kier alpha value is -4.01. The highest BCUT2D eigenvalue weighted by Crippen LogP contribution is 2.32. The summed E-state index contributed by atoms with van der Waals surface area (Å²) in [6.45, 7) is 6.91. The van der Waals surface area contributed by atoms with Crippen LogP contribution in [0.1, 0.15) is 54.4 Å². The number of thiazole rings is 1. The molecule has 3 aromatic rings. The number of fused-ring (bicyclic) bond motifs is 1. The summed E-state index contributed by atoms with van der Waals surface area (Å²) < 4.78 is 0.819. The molecule has 1 aliphatic carbocycles. The first-order valence-electron chi connectivity index (χ1n) is 16.1. The van der Waals surface area contributed by atoms with Crippen molar-refractivity contribution in [3.8, 4) is 0 Å². The van der Waals surface area contributed by atoms with Gasteiger partial charge in [-0.1, -0.05) is 26.2 Å². The van der Waals surface area contributed by atoms with E-state index in [1.54, 1.807) is 18.2 Å². The average Bonchev–Trinajstić information content (AvgIpc) is 3.76. The van der Waals surface area contributed by atoms with Gasteiger partial charge in [-0.3, -0.25) is 19.4 Å². The highest BCUT2D eigenvalue weighted by atomic mass is 32.2. The summed E-state index contributed by atoms with van der Waals surface area (Å²) in [4.78, 5) is 64.6. The van der Waals surface area contributed by atoms with Crippen LogP contribution >= 0.6 is 23.1 Å². The van der Waals surface area contributed by atoms with E-state index < -0.39 is 23.5 Å². The van der Waals surface area contributed by atoms with Crippen molar-refractivity contribution in [2.24, 2.45) is 4.99 Å². The fourth-order valence-corrected chi connectivity index (χ4v) is 8.35. The maximum Gasteiger partial charge on any atom is 0.329 e. The zero-order valence-corrected chi connectivity index (χ0v) is 27.9. The van der Waals surface area contributed by atoms with Crippen LogP contribution in [-0.2, 0) is 14.4 Å². The summed E-state index contributed by atoms with van der Waals surface area (Å²) in [5.41, 5.74) is 1.77. The van der Waals surface area contributed by atoms with E-state index >= 15 is 0 Å². The van der Waals surface area contributed by atoms with Crippen LogP contribution in [0.4, 0.5) is 11.4 Å². The Labute approximate surface area is 281 Å². The van der Waals surface area contributed by atoms with E-state index in [2.05, 4.69) is 42.7 Å². The molecule has 14 heteroatoms. The van der Waals surface area contributed by atoms with E-state index in [9.17, 15) is 24.3 Å². The number of piperazine rings is 1. The number of hydrogen-bond donors (Lipinski definition) is 4. The third-order valence-electron chi connectivity index (χ3n) is 9.01. The number of rotatable bonds is 10. The molecule has 6 rings (SSSR count). The molecule has 1 atom stereocenters. The molecular formula is C33H39N7O5S2. The van der Waals surface area contributed by atoms with Crippen molar-refractivity contribution >= 4 is 73.4 Å². The van der Waals surface area contributed by atoms with Crippen molar-refractivity contribution in [2.45, 2.75) is 50.6 Å². The number of hydrogen-bond acceptors (Lipinski definition) is 10. The maximum absolute atomic E-state index is 13.6. The quantitative estimate of drug-likeness (QED) is 0.252. The van der Waals surface area contributed by atoms with Gasteiger partial charge in [0.25, 0.3) is 5.91 Å². The van der Waals surface area contributed by atoms with Crippen molar-refractivity contribution in [2.75, 3.05) is 55.2 Å². The van der Waals surface area contributed by atoms with Crippen molar-refractivity contribution < 1.29 is 24.3 Å². The van der Waals surface area contributed by atoms with Crippen LogP contribution < -0.4 is 20.9 Å². The van der Waals surface area contributed by atoms with E-state index in [-0.39, 0.29) is 18.4 Å². The fourth-order valence-electron chi connectivity index (χ4n) is 6.25. The lowest BCUT2D eigenvalue weighted by Gasteiger charge is -2.37. The Balaban J connectivity index is 1.05. The van der Waals surface area contributed by atoms with Crippen molar-refractivity contribution in [1.82, 2.24) is 20.5 Å². The molecule has 1 saturated heterocycles. The number of amides is 3.